The van der Waals surface area contributed by atoms with Crippen LogP contribution in [0.1, 0.15) is 64.7 Å². The number of halogens is 1. The van der Waals surface area contributed by atoms with E-state index in [4.69, 9.17) is 0 Å². The van der Waals surface area contributed by atoms with Crippen LogP contribution in [0.15, 0.2) is 0 Å². The van der Waals surface area contributed by atoms with Gasteiger partial charge in [0, 0.05) is 43.3 Å². The Bertz CT molecular complexity index is 550. The number of alkyl halides is 1. The first-order valence-electron chi connectivity index (χ1n) is 10.1. The minimum absolute atomic E-state index is 0.219. The van der Waals surface area contributed by atoms with E-state index in [1.807, 2.05) is 16.7 Å². The molecule has 140 valence electrons. The van der Waals surface area contributed by atoms with E-state index in [2.05, 4.69) is 15.9 Å². The summed E-state index contributed by atoms with van der Waals surface area (Å²) in [5, 5.41) is 0. The van der Waals surface area contributed by atoms with Gasteiger partial charge in [-0.3, -0.25) is 9.59 Å². The molecule has 1 saturated heterocycles. The van der Waals surface area contributed by atoms with Gasteiger partial charge in [0.25, 0.3) is 0 Å². The normalized spacial score (nSPS) is 40.2. The summed E-state index contributed by atoms with van der Waals surface area (Å²) in [5.74, 6) is 2.21. The average molecular weight is 411 g/mol. The molecule has 2 unspecified atom stereocenters. The van der Waals surface area contributed by atoms with Gasteiger partial charge < -0.3 is 9.80 Å². The summed E-state index contributed by atoms with van der Waals surface area (Å²) < 4.78 is 0.320. The van der Waals surface area contributed by atoms with Crippen molar-refractivity contribution in [3.05, 3.63) is 0 Å². The number of rotatable bonds is 3. The quantitative estimate of drug-likeness (QED) is 0.666. The fraction of sp³-hybridized carbons (Fsp3) is 0.900. The second-order valence-corrected chi connectivity index (χ2v) is 10.9. The molecule has 25 heavy (non-hydrogen) atoms. The lowest BCUT2D eigenvalue weighted by Gasteiger charge is -2.60. The Hall–Kier alpha value is -0.580. The summed E-state index contributed by atoms with van der Waals surface area (Å²) in [6.45, 7) is 4.95. The molecule has 0 spiro atoms. The van der Waals surface area contributed by atoms with Crippen LogP contribution in [0.4, 0.5) is 0 Å². The first-order chi connectivity index (χ1) is 11.9. The summed E-state index contributed by atoms with van der Waals surface area (Å²) in [6.07, 6.45) is 9.94. The van der Waals surface area contributed by atoms with E-state index in [1.54, 1.807) is 0 Å². The summed E-state index contributed by atoms with van der Waals surface area (Å²) in [6, 6.07) is 0. The van der Waals surface area contributed by atoms with Gasteiger partial charge in [0.1, 0.15) is 0 Å². The van der Waals surface area contributed by atoms with Crippen LogP contribution in [0, 0.1) is 17.3 Å². The lowest BCUT2D eigenvalue weighted by atomic mass is 9.48. The van der Waals surface area contributed by atoms with Crippen LogP contribution < -0.4 is 0 Å². The zero-order valence-corrected chi connectivity index (χ0v) is 17.0. The molecule has 1 heterocycles. The molecule has 0 aromatic rings. The smallest absolute Gasteiger partial charge is 0.223 e. The van der Waals surface area contributed by atoms with Gasteiger partial charge in [0.05, 0.1) is 0 Å². The van der Waals surface area contributed by atoms with Crippen molar-refractivity contribution in [1.82, 2.24) is 9.80 Å². The predicted octanol–water partition coefficient (Wildman–Crippen LogP) is 3.58. The van der Waals surface area contributed by atoms with Gasteiger partial charge in [-0.25, -0.2) is 0 Å². The largest absolute Gasteiger partial charge is 0.341 e. The van der Waals surface area contributed by atoms with Crippen LogP contribution in [0.3, 0.4) is 0 Å². The summed E-state index contributed by atoms with van der Waals surface area (Å²) in [4.78, 5) is 29.0. The molecule has 5 rings (SSSR count). The first kappa shape index (κ1) is 17.8. The highest BCUT2D eigenvalue weighted by Crippen LogP contribution is 2.65. The molecule has 2 amide bonds. The predicted molar refractivity (Wildman–Crippen MR) is 101 cm³/mol. The van der Waals surface area contributed by atoms with E-state index in [0.29, 0.717) is 29.7 Å². The first-order valence-corrected chi connectivity index (χ1v) is 10.9. The van der Waals surface area contributed by atoms with Gasteiger partial charge in [0.15, 0.2) is 0 Å². The maximum atomic E-state index is 13.1. The molecular weight excluding hydrogens is 380 g/mol. The van der Waals surface area contributed by atoms with Crippen molar-refractivity contribution in [3.8, 4) is 0 Å². The molecule has 0 radical (unpaired) electrons. The van der Waals surface area contributed by atoms with Crippen LogP contribution in [-0.2, 0) is 9.59 Å². The second-order valence-electron chi connectivity index (χ2n) is 9.26. The molecule has 5 heteroatoms. The molecule has 4 aliphatic carbocycles. The number of amides is 2. The number of nitrogens with zero attached hydrogens (tertiary/aromatic N) is 2. The fourth-order valence-corrected chi connectivity index (χ4v) is 8.13. The third kappa shape index (κ3) is 3.50. The molecule has 0 N–H and O–H groups in total. The SMILES string of the molecule is CCC(=O)N1CCCN(C(=O)CC23CC4CC(CC(Br)(C4)C2)C3)CC1. The molecule has 2 atom stereocenters. The van der Waals surface area contributed by atoms with Crippen molar-refractivity contribution >= 4 is 27.7 Å². The Balaban J connectivity index is 1.40. The standard InChI is InChI=1S/C20H31BrN2O2/c1-2-17(24)22-4-3-5-23(7-6-22)18(25)13-19-9-15-8-16(10-19)12-20(21,11-15)14-19/h15-16H,2-14H2,1H3. The summed E-state index contributed by atoms with van der Waals surface area (Å²) in [5.41, 5.74) is 0.246. The van der Waals surface area contributed by atoms with Crippen LogP contribution in [0.5, 0.6) is 0 Å². The lowest BCUT2D eigenvalue weighted by molar-refractivity contribution is -0.139. The Morgan fingerprint density at radius 2 is 1.56 bits per heavy atom. The van der Waals surface area contributed by atoms with Crippen LogP contribution in [0.2, 0.25) is 0 Å². The Kier molecular flexibility index (Phi) is 4.66. The maximum absolute atomic E-state index is 13.1. The Morgan fingerprint density at radius 3 is 2.12 bits per heavy atom. The average Bonchev–Trinajstić information content (AvgIpc) is 2.77. The highest BCUT2D eigenvalue weighted by molar-refractivity contribution is 9.10. The van der Waals surface area contributed by atoms with Gasteiger partial charge in [-0.2, -0.15) is 0 Å². The monoisotopic (exact) mass is 410 g/mol. The fourth-order valence-electron chi connectivity index (χ4n) is 6.62. The topological polar surface area (TPSA) is 40.6 Å². The Labute approximate surface area is 159 Å². The molecule has 5 aliphatic rings. The van der Waals surface area contributed by atoms with Crippen molar-refractivity contribution in [3.63, 3.8) is 0 Å². The highest BCUT2D eigenvalue weighted by atomic mass is 79.9. The zero-order chi connectivity index (χ0) is 17.7. The van der Waals surface area contributed by atoms with Crippen molar-refractivity contribution < 1.29 is 9.59 Å². The second kappa shape index (κ2) is 6.54. The molecule has 1 aliphatic heterocycles. The number of hydrogen-bond donors (Lipinski definition) is 0. The van der Waals surface area contributed by atoms with Gasteiger partial charge >= 0.3 is 0 Å². The number of carbonyl (C=O) groups is 2. The molecule has 0 aromatic carbocycles. The molecule has 5 fully saturated rings. The molecular formula is C20H31BrN2O2. The van der Waals surface area contributed by atoms with Crippen molar-refractivity contribution in [2.24, 2.45) is 17.3 Å². The van der Waals surface area contributed by atoms with E-state index in [9.17, 15) is 9.59 Å². The minimum atomic E-state index is 0.219. The Morgan fingerprint density at radius 1 is 0.960 bits per heavy atom. The highest BCUT2D eigenvalue weighted by Gasteiger charge is 2.57. The van der Waals surface area contributed by atoms with Crippen LogP contribution in [-0.4, -0.2) is 52.1 Å². The molecule has 4 saturated carbocycles. The maximum Gasteiger partial charge on any atom is 0.223 e. The van der Waals surface area contributed by atoms with Crippen molar-refractivity contribution in [2.75, 3.05) is 26.2 Å². The number of carbonyl (C=O) groups excluding carboxylic acids is 2. The van der Waals surface area contributed by atoms with Gasteiger partial charge in [0.2, 0.25) is 11.8 Å². The van der Waals surface area contributed by atoms with E-state index < -0.39 is 0 Å². The summed E-state index contributed by atoms with van der Waals surface area (Å²) >= 11 is 4.05. The van der Waals surface area contributed by atoms with Gasteiger partial charge in [-0.05, 0) is 62.2 Å². The molecule has 4 bridgehead atoms. The minimum Gasteiger partial charge on any atom is -0.341 e. The zero-order valence-electron chi connectivity index (χ0n) is 15.4. The van der Waals surface area contributed by atoms with E-state index >= 15 is 0 Å². The van der Waals surface area contributed by atoms with E-state index in [-0.39, 0.29) is 11.3 Å². The van der Waals surface area contributed by atoms with Crippen molar-refractivity contribution in [1.29, 1.82) is 0 Å². The number of hydrogen-bond acceptors (Lipinski definition) is 2. The summed E-state index contributed by atoms with van der Waals surface area (Å²) in [7, 11) is 0. The van der Waals surface area contributed by atoms with Crippen LogP contribution in [0.25, 0.3) is 0 Å². The third-order valence-corrected chi connectivity index (χ3v) is 8.07. The van der Waals surface area contributed by atoms with Gasteiger partial charge in [-0.1, -0.05) is 22.9 Å². The lowest BCUT2D eigenvalue weighted by Crippen LogP contribution is -2.54. The third-order valence-electron chi connectivity index (χ3n) is 7.14. The molecule has 4 nitrogen and oxygen atoms in total. The van der Waals surface area contributed by atoms with Crippen molar-refractivity contribution in [2.45, 2.75) is 69.0 Å². The van der Waals surface area contributed by atoms with E-state index in [1.165, 1.54) is 38.5 Å². The van der Waals surface area contributed by atoms with E-state index in [0.717, 1.165) is 37.8 Å². The molecule has 0 aromatic heterocycles. The van der Waals surface area contributed by atoms with Crippen LogP contribution >= 0.6 is 15.9 Å². The van der Waals surface area contributed by atoms with Gasteiger partial charge in [-0.15, -0.1) is 0 Å².